The summed E-state index contributed by atoms with van der Waals surface area (Å²) in [4.78, 5) is 11.1. The average Bonchev–Trinajstić information content (AvgIpc) is 2.37. The number of benzene rings is 1. The molecule has 0 aliphatic rings. The Bertz CT molecular complexity index is 466. The maximum atomic E-state index is 11.1. The van der Waals surface area contributed by atoms with Crippen LogP contribution in [0.3, 0.4) is 0 Å². The van der Waals surface area contributed by atoms with Crippen LogP contribution in [0.25, 0.3) is 0 Å². The predicted octanol–water partition coefficient (Wildman–Crippen LogP) is 1.79. The molecule has 1 rings (SSSR count). The van der Waals surface area contributed by atoms with Gasteiger partial charge in [0.1, 0.15) is 17.9 Å². The van der Waals surface area contributed by atoms with Crippen LogP contribution in [0, 0.1) is 17.2 Å². The summed E-state index contributed by atoms with van der Waals surface area (Å²) in [5.41, 5.74) is 0.838. The molecule has 1 atom stereocenters. The van der Waals surface area contributed by atoms with Gasteiger partial charge in [-0.15, -0.1) is 0 Å². The third-order valence-corrected chi connectivity index (χ3v) is 2.71. The van der Waals surface area contributed by atoms with Gasteiger partial charge in [-0.05, 0) is 12.0 Å². The Balaban J connectivity index is 2.71. The highest BCUT2D eigenvalue weighted by molar-refractivity contribution is 5.73. The van der Waals surface area contributed by atoms with Gasteiger partial charge in [-0.25, -0.2) is 0 Å². The molecule has 0 bridgehead atoms. The van der Waals surface area contributed by atoms with Crippen molar-refractivity contribution in [2.24, 2.45) is 5.92 Å². The zero-order valence-electron chi connectivity index (χ0n) is 11.1. The van der Waals surface area contributed by atoms with E-state index in [9.17, 15) is 4.79 Å². The molecule has 0 heterocycles. The second-order valence-corrected chi connectivity index (χ2v) is 4.50. The Labute approximate surface area is 112 Å². The molecule has 0 spiro atoms. The summed E-state index contributed by atoms with van der Waals surface area (Å²) < 4.78 is 5.29. The van der Waals surface area contributed by atoms with Crippen LogP contribution in [0.1, 0.15) is 19.4 Å². The maximum absolute atomic E-state index is 11.1. The van der Waals surface area contributed by atoms with Crippen molar-refractivity contribution in [3.63, 3.8) is 0 Å². The van der Waals surface area contributed by atoms with Gasteiger partial charge in [-0.3, -0.25) is 10.1 Å². The lowest BCUT2D eigenvalue weighted by Crippen LogP contribution is -2.40. The third-order valence-electron chi connectivity index (χ3n) is 2.71. The van der Waals surface area contributed by atoms with E-state index in [2.05, 4.69) is 5.32 Å². The van der Waals surface area contributed by atoms with E-state index < -0.39 is 12.0 Å². The first-order valence-corrected chi connectivity index (χ1v) is 6.10. The van der Waals surface area contributed by atoms with Crippen molar-refractivity contribution < 1.29 is 14.6 Å². The molecule has 0 aliphatic carbocycles. The molecule has 0 radical (unpaired) electrons. The van der Waals surface area contributed by atoms with Crippen LogP contribution in [0.2, 0.25) is 0 Å². The molecule has 0 saturated heterocycles. The number of hydrogen-bond donors (Lipinski definition) is 2. The van der Waals surface area contributed by atoms with E-state index in [1.807, 2.05) is 38.1 Å². The highest BCUT2D eigenvalue weighted by Gasteiger charge is 2.20. The number of rotatable bonds is 7. The van der Waals surface area contributed by atoms with Crippen LogP contribution >= 0.6 is 0 Å². The second-order valence-electron chi connectivity index (χ2n) is 4.50. The Morgan fingerprint density at radius 2 is 2.16 bits per heavy atom. The molecule has 0 amide bonds. The van der Waals surface area contributed by atoms with Gasteiger partial charge < -0.3 is 9.84 Å². The Hall–Kier alpha value is -2.06. The quantitative estimate of drug-likeness (QED) is 0.782. The summed E-state index contributed by atoms with van der Waals surface area (Å²) in [6, 6.07) is 8.57. The minimum absolute atomic E-state index is 0.00955. The fourth-order valence-corrected chi connectivity index (χ4v) is 1.73. The number of carbonyl (C=O) groups is 1. The lowest BCUT2D eigenvalue weighted by Gasteiger charge is -2.18. The number of carboxylic acid groups (broad SMARTS) is 1. The first kappa shape index (κ1) is 15.0. The van der Waals surface area contributed by atoms with Crippen LogP contribution in [-0.2, 0) is 11.3 Å². The monoisotopic (exact) mass is 262 g/mol. The topological polar surface area (TPSA) is 82.3 Å². The van der Waals surface area contributed by atoms with Gasteiger partial charge in [-0.1, -0.05) is 32.0 Å². The van der Waals surface area contributed by atoms with Crippen molar-refractivity contribution in [1.29, 1.82) is 5.26 Å². The van der Waals surface area contributed by atoms with Gasteiger partial charge >= 0.3 is 5.97 Å². The highest BCUT2D eigenvalue weighted by atomic mass is 16.5. The predicted molar refractivity (Wildman–Crippen MR) is 70.7 cm³/mol. The smallest absolute Gasteiger partial charge is 0.320 e. The molecule has 5 heteroatoms. The van der Waals surface area contributed by atoms with Gasteiger partial charge in [0.25, 0.3) is 0 Å². The largest absolute Gasteiger partial charge is 0.480 e. The zero-order valence-corrected chi connectivity index (χ0v) is 11.1. The number of aliphatic carboxylic acids is 1. The normalized spacial score (nSPS) is 11.9. The van der Waals surface area contributed by atoms with E-state index >= 15 is 0 Å². The van der Waals surface area contributed by atoms with Crippen LogP contribution in [0.5, 0.6) is 5.75 Å². The Morgan fingerprint density at radius 3 is 2.74 bits per heavy atom. The fraction of sp³-hybridized carbons (Fsp3) is 0.429. The number of nitrogens with zero attached hydrogens (tertiary/aromatic N) is 1. The SMILES string of the molecule is CC(C)C(NCc1ccccc1OCC#N)C(=O)O. The minimum atomic E-state index is -0.870. The van der Waals surface area contributed by atoms with E-state index in [4.69, 9.17) is 15.1 Å². The lowest BCUT2D eigenvalue weighted by atomic mass is 10.0. The summed E-state index contributed by atoms with van der Waals surface area (Å²) in [5, 5.41) is 20.6. The van der Waals surface area contributed by atoms with Gasteiger partial charge in [0, 0.05) is 12.1 Å². The molecular weight excluding hydrogens is 244 g/mol. The van der Waals surface area contributed by atoms with Crippen LogP contribution in [0.15, 0.2) is 24.3 Å². The molecule has 0 aliphatic heterocycles. The number of para-hydroxylation sites is 1. The highest BCUT2D eigenvalue weighted by Crippen LogP contribution is 2.18. The summed E-state index contributed by atoms with van der Waals surface area (Å²) >= 11 is 0. The molecule has 102 valence electrons. The lowest BCUT2D eigenvalue weighted by molar-refractivity contribution is -0.140. The number of carboxylic acids is 1. The first-order valence-electron chi connectivity index (χ1n) is 6.10. The van der Waals surface area contributed by atoms with E-state index in [1.54, 1.807) is 6.07 Å². The molecular formula is C14H18N2O3. The standard InChI is InChI=1S/C14H18N2O3/c1-10(2)13(14(17)18)16-9-11-5-3-4-6-12(11)19-8-7-15/h3-6,10,13,16H,8-9H2,1-2H3,(H,17,18). The molecule has 1 aromatic rings. The molecule has 5 nitrogen and oxygen atoms in total. The van der Waals surface area contributed by atoms with Crippen molar-refractivity contribution in [1.82, 2.24) is 5.32 Å². The third kappa shape index (κ3) is 4.60. The molecule has 0 aromatic heterocycles. The summed E-state index contributed by atoms with van der Waals surface area (Å²) in [6.45, 7) is 4.06. The van der Waals surface area contributed by atoms with E-state index in [1.165, 1.54) is 0 Å². The van der Waals surface area contributed by atoms with E-state index in [0.717, 1.165) is 5.56 Å². The summed E-state index contributed by atoms with van der Waals surface area (Å²) in [6.07, 6.45) is 0. The number of ether oxygens (including phenoxy) is 1. The zero-order chi connectivity index (χ0) is 14.3. The maximum Gasteiger partial charge on any atom is 0.320 e. The number of nitriles is 1. The molecule has 0 saturated carbocycles. The van der Waals surface area contributed by atoms with Gasteiger partial charge in [0.15, 0.2) is 6.61 Å². The van der Waals surface area contributed by atoms with Crippen LogP contribution in [-0.4, -0.2) is 23.7 Å². The van der Waals surface area contributed by atoms with Crippen LogP contribution < -0.4 is 10.1 Å². The van der Waals surface area contributed by atoms with Crippen molar-refractivity contribution in [2.45, 2.75) is 26.4 Å². The fourth-order valence-electron chi connectivity index (χ4n) is 1.73. The summed E-state index contributed by atoms with van der Waals surface area (Å²) in [5.74, 6) is -0.278. The molecule has 19 heavy (non-hydrogen) atoms. The molecule has 2 N–H and O–H groups in total. The number of nitrogens with one attached hydrogen (secondary N) is 1. The Kier molecular flexibility index (Phi) is 5.83. The van der Waals surface area contributed by atoms with Crippen molar-refractivity contribution in [3.05, 3.63) is 29.8 Å². The molecule has 1 unspecified atom stereocenters. The van der Waals surface area contributed by atoms with Crippen LogP contribution in [0.4, 0.5) is 0 Å². The van der Waals surface area contributed by atoms with Crippen molar-refractivity contribution in [3.8, 4) is 11.8 Å². The molecule has 1 aromatic carbocycles. The Morgan fingerprint density at radius 1 is 1.47 bits per heavy atom. The van der Waals surface area contributed by atoms with E-state index in [0.29, 0.717) is 12.3 Å². The molecule has 0 fully saturated rings. The average molecular weight is 262 g/mol. The number of hydrogen-bond acceptors (Lipinski definition) is 4. The minimum Gasteiger partial charge on any atom is -0.480 e. The summed E-state index contributed by atoms with van der Waals surface area (Å²) in [7, 11) is 0. The first-order chi connectivity index (χ1) is 9.06. The van der Waals surface area contributed by atoms with Crippen molar-refractivity contribution in [2.75, 3.05) is 6.61 Å². The van der Waals surface area contributed by atoms with Gasteiger partial charge in [0.05, 0.1) is 0 Å². The van der Waals surface area contributed by atoms with E-state index in [-0.39, 0.29) is 12.5 Å². The van der Waals surface area contributed by atoms with Crippen molar-refractivity contribution >= 4 is 5.97 Å². The van der Waals surface area contributed by atoms with Gasteiger partial charge in [-0.2, -0.15) is 5.26 Å². The second kappa shape index (κ2) is 7.39. The van der Waals surface area contributed by atoms with Gasteiger partial charge in [0.2, 0.25) is 0 Å².